The zero-order valence-corrected chi connectivity index (χ0v) is 14.5. The molecule has 0 spiro atoms. The lowest BCUT2D eigenvalue weighted by Gasteiger charge is -2.09. The van der Waals surface area contributed by atoms with Gasteiger partial charge < -0.3 is 16.0 Å². The first kappa shape index (κ1) is 17.9. The van der Waals surface area contributed by atoms with E-state index in [1.54, 1.807) is 12.1 Å². The topological polar surface area (TPSA) is 103 Å². The van der Waals surface area contributed by atoms with Crippen LogP contribution in [0.4, 0.5) is 23.0 Å². The Morgan fingerprint density at radius 3 is 2.44 bits per heavy atom. The Bertz CT molecular complexity index is 935. The first-order chi connectivity index (χ1) is 13.2. The van der Waals surface area contributed by atoms with E-state index >= 15 is 0 Å². The van der Waals surface area contributed by atoms with Crippen molar-refractivity contribution in [3.8, 4) is 6.07 Å². The summed E-state index contributed by atoms with van der Waals surface area (Å²) >= 11 is 0. The van der Waals surface area contributed by atoms with E-state index in [-0.39, 0.29) is 12.3 Å². The van der Waals surface area contributed by atoms with Gasteiger partial charge in [0.2, 0.25) is 5.91 Å². The van der Waals surface area contributed by atoms with Gasteiger partial charge in [0.1, 0.15) is 24.4 Å². The largest absolute Gasteiger partial charge is 0.366 e. The maximum atomic E-state index is 11.4. The van der Waals surface area contributed by atoms with Crippen molar-refractivity contribution in [2.24, 2.45) is 0 Å². The number of carbonyl (C=O) groups excluding carboxylic acids is 1. The highest BCUT2D eigenvalue weighted by atomic mass is 16.1. The molecule has 0 unspecified atom stereocenters. The van der Waals surface area contributed by atoms with Crippen LogP contribution in [-0.4, -0.2) is 15.9 Å². The molecule has 3 N–H and O–H groups in total. The Balaban J connectivity index is 1.56. The van der Waals surface area contributed by atoms with E-state index in [9.17, 15) is 4.79 Å². The quantitative estimate of drug-likeness (QED) is 0.595. The van der Waals surface area contributed by atoms with Crippen molar-refractivity contribution < 1.29 is 4.79 Å². The summed E-state index contributed by atoms with van der Waals surface area (Å²) in [6, 6.07) is 20.9. The molecular weight excluding hydrogens is 340 g/mol. The lowest BCUT2D eigenvalue weighted by Crippen LogP contribution is -2.10. The Kier molecular flexibility index (Phi) is 5.94. The highest BCUT2D eigenvalue weighted by molar-refractivity contribution is 5.92. The fourth-order valence-electron chi connectivity index (χ4n) is 2.37. The van der Waals surface area contributed by atoms with Crippen molar-refractivity contribution >= 4 is 28.9 Å². The summed E-state index contributed by atoms with van der Waals surface area (Å²) in [4.78, 5) is 19.8. The molecule has 3 rings (SSSR count). The third-order valence-electron chi connectivity index (χ3n) is 3.66. The van der Waals surface area contributed by atoms with Crippen molar-refractivity contribution in [2.45, 2.75) is 13.0 Å². The van der Waals surface area contributed by atoms with E-state index in [1.807, 2.05) is 54.6 Å². The van der Waals surface area contributed by atoms with Crippen LogP contribution >= 0.6 is 0 Å². The molecule has 1 aromatic heterocycles. The maximum Gasteiger partial charge on any atom is 0.238 e. The van der Waals surface area contributed by atoms with Gasteiger partial charge in [0.05, 0.1) is 6.07 Å². The van der Waals surface area contributed by atoms with Crippen LogP contribution in [0.2, 0.25) is 0 Å². The Morgan fingerprint density at radius 1 is 0.963 bits per heavy atom. The minimum atomic E-state index is -0.317. The molecule has 0 fully saturated rings. The molecule has 134 valence electrons. The first-order valence-electron chi connectivity index (χ1n) is 8.36. The van der Waals surface area contributed by atoms with Gasteiger partial charge in [0.25, 0.3) is 0 Å². The van der Waals surface area contributed by atoms with Crippen molar-refractivity contribution in [2.75, 3.05) is 16.0 Å². The molecule has 0 aliphatic carbocycles. The summed E-state index contributed by atoms with van der Waals surface area (Å²) in [5.74, 6) is 1.09. The average Bonchev–Trinajstić information content (AvgIpc) is 2.69. The number of benzene rings is 2. The van der Waals surface area contributed by atoms with E-state index in [1.165, 1.54) is 6.33 Å². The van der Waals surface area contributed by atoms with E-state index in [2.05, 4.69) is 25.9 Å². The van der Waals surface area contributed by atoms with E-state index in [0.29, 0.717) is 23.9 Å². The number of amides is 1. The third kappa shape index (κ3) is 5.54. The van der Waals surface area contributed by atoms with Crippen LogP contribution in [0.15, 0.2) is 67.0 Å². The minimum Gasteiger partial charge on any atom is -0.366 e. The average molecular weight is 358 g/mol. The van der Waals surface area contributed by atoms with Gasteiger partial charge in [-0.2, -0.15) is 5.26 Å². The first-order valence-corrected chi connectivity index (χ1v) is 8.36. The van der Waals surface area contributed by atoms with E-state index < -0.39 is 0 Å². The SMILES string of the molecule is N#CCC(=O)Nc1ccc(CNc2cc(Nc3ccccc3)ncn2)cc1. The minimum absolute atomic E-state index is 0.156. The molecule has 0 radical (unpaired) electrons. The van der Waals surface area contributed by atoms with Gasteiger partial charge in [-0.15, -0.1) is 0 Å². The standard InChI is InChI=1S/C20H18N6O/c21-11-10-20(27)26-17-8-6-15(7-9-17)13-22-18-12-19(24-14-23-18)25-16-4-2-1-3-5-16/h1-9,12,14H,10,13H2,(H,26,27)(H2,22,23,24,25). The highest BCUT2D eigenvalue weighted by Crippen LogP contribution is 2.16. The second-order valence-corrected chi connectivity index (χ2v) is 5.71. The number of anilines is 4. The zero-order chi connectivity index (χ0) is 18.9. The van der Waals surface area contributed by atoms with E-state index in [0.717, 1.165) is 11.3 Å². The van der Waals surface area contributed by atoms with Crippen LogP contribution in [-0.2, 0) is 11.3 Å². The molecule has 7 nitrogen and oxygen atoms in total. The summed E-state index contributed by atoms with van der Waals surface area (Å²) in [5.41, 5.74) is 2.65. The van der Waals surface area contributed by atoms with Crippen molar-refractivity contribution in [1.29, 1.82) is 5.26 Å². The number of nitrogens with one attached hydrogen (secondary N) is 3. The van der Waals surface area contributed by atoms with Gasteiger partial charge in [-0.25, -0.2) is 9.97 Å². The van der Waals surface area contributed by atoms with Gasteiger partial charge >= 0.3 is 0 Å². The number of nitrogens with zero attached hydrogens (tertiary/aromatic N) is 3. The predicted molar refractivity (Wildman–Crippen MR) is 104 cm³/mol. The Hall–Kier alpha value is -3.92. The summed E-state index contributed by atoms with van der Waals surface area (Å²) < 4.78 is 0. The Labute approximate surface area is 157 Å². The van der Waals surface area contributed by atoms with Crippen LogP contribution in [0.25, 0.3) is 0 Å². The molecule has 0 aliphatic rings. The number of para-hydroxylation sites is 1. The van der Waals surface area contributed by atoms with Gasteiger partial charge in [-0.05, 0) is 29.8 Å². The van der Waals surface area contributed by atoms with Crippen molar-refractivity contribution in [3.63, 3.8) is 0 Å². The van der Waals surface area contributed by atoms with Crippen LogP contribution < -0.4 is 16.0 Å². The van der Waals surface area contributed by atoms with Crippen LogP contribution in [0.1, 0.15) is 12.0 Å². The van der Waals surface area contributed by atoms with E-state index in [4.69, 9.17) is 5.26 Å². The van der Waals surface area contributed by atoms with Gasteiger partial charge in [0, 0.05) is 24.0 Å². The molecule has 1 amide bonds. The highest BCUT2D eigenvalue weighted by Gasteiger charge is 2.02. The molecule has 0 bridgehead atoms. The predicted octanol–water partition coefficient (Wildman–Crippen LogP) is 3.68. The molecule has 0 atom stereocenters. The fraction of sp³-hybridized carbons (Fsp3) is 0.100. The third-order valence-corrected chi connectivity index (χ3v) is 3.66. The van der Waals surface area contributed by atoms with Crippen LogP contribution in [0, 0.1) is 11.3 Å². The van der Waals surface area contributed by atoms with Gasteiger partial charge in [0.15, 0.2) is 0 Å². The number of hydrogen-bond acceptors (Lipinski definition) is 6. The fourth-order valence-corrected chi connectivity index (χ4v) is 2.37. The number of hydrogen-bond donors (Lipinski definition) is 3. The molecule has 0 saturated carbocycles. The molecule has 27 heavy (non-hydrogen) atoms. The number of rotatable bonds is 7. The second-order valence-electron chi connectivity index (χ2n) is 5.71. The maximum absolute atomic E-state index is 11.4. The molecule has 0 saturated heterocycles. The molecular formula is C20H18N6O. The summed E-state index contributed by atoms with van der Waals surface area (Å²) in [6.07, 6.45) is 1.35. The summed E-state index contributed by atoms with van der Waals surface area (Å²) in [5, 5.41) is 17.6. The van der Waals surface area contributed by atoms with Crippen molar-refractivity contribution in [3.05, 3.63) is 72.6 Å². The number of aromatic nitrogens is 2. The lowest BCUT2D eigenvalue weighted by molar-refractivity contribution is -0.115. The van der Waals surface area contributed by atoms with Gasteiger partial charge in [-0.1, -0.05) is 30.3 Å². The number of carbonyl (C=O) groups is 1. The second kappa shape index (κ2) is 8.97. The molecule has 1 heterocycles. The monoisotopic (exact) mass is 358 g/mol. The lowest BCUT2D eigenvalue weighted by atomic mass is 10.2. The van der Waals surface area contributed by atoms with Crippen LogP contribution in [0.5, 0.6) is 0 Å². The normalized spacial score (nSPS) is 9.89. The van der Waals surface area contributed by atoms with Crippen LogP contribution in [0.3, 0.4) is 0 Å². The number of nitriles is 1. The molecule has 3 aromatic rings. The Morgan fingerprint density at radius 2 is 1.70 bits per heavy atom. The zero-order valence-electron chi connectivity index (χ0n) is 14.5. The molecule has 7 heteroatoms. The summed E-state index contributed by atoms with van der Waals surface area (Å²) in [7, 11) is 0. The summed E-state index contributed by atoms with van der Waals surface area (Å²) in [6.45, 7) is 0.578. The molecule has 2 aromatic carbocycles. The van der Waals surface area contributed by atoms with Crippen molar-refractivity contribution in [1.82, 2.24) is 9.97 Å². The smallest absolute Gasteiger partial charge is 0.238 e. The van der Waals surface area contributed by atoms with Gasteiger partial charge in [-0.3, -0.25) is 4.79 Å². The molecule has 0 aliphatic heterocycles.